The molecule has 3 rings (SSSR count). The van der Waals surface area contributed by atoms with E-state index in [2.05, 4.69) is 57.5 Å². The van der Waals surface area contributed by atoms with Crippen molar-refractivity contribution in [3.63, 3.8) is 0 Å². The molecule has 2 heterocycles. The van der Waals surface area contributed by atoms with E-state index in [1.807, 2.05) is 25.1 Å². The van der Waals surface area contributed by atoms with Gasteiger partial charge in [-0.15, -0.1) is 21.5 Å². The second-order valence-electron chi connectivity index (χ2n) is 5.38. The molecule has 0 bridgehead atoms. The van der Waals surface area contributed by atoms with Crippen LogP contribution in [0.15, 0.2) is 36.4 Å². The quantitative estimate of drug-likeness (QED) is 0.784. The molecule has 0 spiro atoms. The number of aryl methyl sites for hydroxylation is 1. The normalized spacial score (nSPS) is 12.7. The zero-order valence-corrected chi connectivity index (χ0v) is 13.8. The topological polar surface area (TPSA) is 57.7 Å². The van der Waals surface area contributed by atoms with E-state index >= 15 is 0 Å². The first kappa shape index (κ1) is 14.9. The molecule has 22 heavy (non-hydrogen) atoms. The molecule has 0 saturated carbocycles. The Hall–Kier alpha value is -2.05. The molecule has 2 aromatic heterocycles. The maximum Gasteiger partial charge on any atom is 0.131 e. The molecular formula is C16H19N5S. The highest BCUT2D eigenvalue weighted by Gasteiger charge is 2.16. The van der Waals surface area contributed by atoms with Crippen molar-refractivity contribution in [1.29, 1.82) is 0 Å². The number of nitrogens with one attached hydrogen (secondary N) is 1. The first-order valence-corrected chi connectivity index (χ1v) is 8.05. The number of hydrogen-bond acceptors (Lipinski definition) is 5. The molecule has 0 aliphatic heterocycles. The minimum absolute atomic E-state index is 0.231. The molecule has 3 aromatic rings. The van der Waals surface area contributed by atoms with Crippen molar-refractivity contribution in [2.24, 2.45) is 0 Å². The first-order valence-electron chi connectivity index (χ1n) is 7.23. The number of aromatic nitrogens is 4. The highest BCUT2D eigenvalue weighted by atomic mass is 32.1. The third kappa shape index (κ3) is 3.23. The second-order valence-corrected chi connectivity index (χ2v) is 6.65. The molecule has 1 unspecified atom stereocenters. The van der Waals surface area contributed by atoms with Gasteiger partial charge in [0.05, 0.1) is 17.9 Å². The van der Waals surface area contributed by atoms with Crippen molar-refractivity contribution in [3.8, 4) is 11.3 Å². The number of nitrogens with zero attached hydrogens (tertiary/aromatic N) is 4. The minimum atomic E-state index is 0.231. The van der Waals surface area contributed by atoms with Crippen LogP contribution in [-0.4, -0.2) is 32.3 Å². The largest absolute Gasteiger partial charge is 0.291 e. The lowest BCUT2D eigenvalue weighted by molar-refractivity contribution is 0.247. The van der Waals surface area contributed by atoms with E-state index in [4.69, 9.17) is 0 Å². The van der Waals surface area contributed by atoms with Crippen LogP contribution in [0.2, 0.25) is 0 Å². The average Bonchev–Trinajstić information content (AvgIpc) is 3.17. The predicted molar refractivity (Wildman–Crippen MR) is 88.6 cm³/mol. The average molecular weight is 313 g/mol. The van der Waals surface area contributed by atoms with Gasteiger partial charge < -0.3 is 0 Å². The predicted octanol–water partition coefficient (Wildman–Crippen LogP) is 3.43. The SMILES string of the molecule is Cc1nnc(CN(C)C(C)c2cc(-c3ccccc3)n[nH]2)s1. The van der Waals surface area contributed by atoms with Crippen LogP contribution in [0.1, 0.15) is 28.7 Å². The zero-order valence-electron chi connectivity index (χ0n) is 12.9. The van der Waals surface area contributed by atoms with Crippen LogP contribution in [0.4, 0.5) is 0 Å². The van der Waals surface area contributed by atoms with Crippen LogP contribution in [0.5, 0.6) is 0 Å². The van der Waals surface area contributed by atoms with Gasteiger partial charge in [0, 0.05) is 11.6 Å². The Morgan fingerprint density at radius 2 is 2.00 bits per heavy atom. The number of aromatic amines is 1. The van der Waals surface area contributed by atoms with Crippen molar-refractivity contribution in [3.05, 3.63) is 52.1 Å². The van der Waals surface area contributed by atoms with Gasteiger partial charge in [-0.2, -0.15) is 5.10 Å². The highest BCUT2D eigenvalue weighted by molar-refractivity contribution is 7.11. The summed E-state index contributed by atoms with van der Waals surface area (Å²) in [6.45, 7) is 4.92. The van der Waals surface area contributed by atoms with Crippen LogP contribution in [0.25, 0.3) is 11.3 Å². The van der Waals surface area contributed by atoms with Gasteiger partial charge in [0.25, 0.3) is 0 Å². The summed E-state index contributed by atoms with van der Waals surface area (Å²) in [6, 6.07) is 12.5. The Morgan fingerprint density at radius 3 is 2.68 bits per heavy atom. The summed E-state index contributed by atoms with van der Waals surface area (Å²) in [6.07, 6.45) is 0. The van der Waals surface area contributed by atoms with E-state index in [9.17, 15) is 0 Å². The van der Waals surface area contributed by atoms with E-state index in [-0.39, 0.29) is 6.04 Å². The molecular weight excluding hydrogens is 294 g/mol. The molecule has 0 saturated heterocycles. The van der Waals surface area contributed by atoms with Crippen LogP contribution >= 0.6 is 11.3 Å². The van der Waals surface area contributed by atoms with Crippen LogP contribution in [-0.2, 0) is 6.54 Å². The van der Waals surface area contributed by atoms with Crippen LogP contribution < -0.4 is 0 Å². The summed E-state index contributed by atoms with van der Waals surface area (Å²) < 4.78 is 0. The summed E-state index contributed by atoms with van der Waals surface area (Å²) in [7, 11) is 2.09. The van der Waals surface area contributed by atoms with Crippen LogP contribution in [0.3, 0.4) is 0 Å². The Balaban J connectivity index is 1.72. The maximum atomic E-state index is 4.42. The number of hydrogen-bond donors (Lipinski definition) is 1. The number of H-pyrrole nitrogens is 1. The van der Waals surface area contributed by atoms with Crippen LogP contribution in [0, 0.1) is 6.92 Å². The number of benzene rings is 1. The molecule has 0 aliphatic carbocycles. The minimum Gasteiger partial charge on any atom is -0.291 e. The summed E-state index contributed by atoms with van der Waals surface area (Å²) in [5.74, 6) is 0. The van der Waals surface area contributed by atoms with Crippen molar-refractivity contribution in [2.45, 2.75) is 26.4 Å². The fourth-order valence-corrected chi connectivity index (χ4v) is 3.07. The Labute approximate surface area is 134 Å². The molecule has 1 atom stereocenters. The van der Waals surface area contributed by atoms with Gasteiger partial charge in [0.1, 0.15) is 10.0 Å². The van der Waals surface area contributed by atoms with Gasteiger partial charge in [-0.05, 0) is 27.0 Å². The molecule has 6 heteroatoms. The molecule has 1 aromatic carbocycles. The van der Waals surface area contributed by atoms with Gasteiger partial charge in [-0.1, -0.05) is 30.3 Å². The maximum absolute atomic E-state index is 4.42. The van der Waals surface area contributed by atoms with Gasteiger partial charge in [0.2, 0.25) is 0 Å². The van der Waals surface area contributed by atoms with E-state index in [0.29, 0.717) is 0 Å². The van der Waals surface area contributed by atoms with Gasteiger partial charge >= 0.3 is 0 Å². The summed E-state index contributed by atoms with van der Waals surface area (Å²) in [5, 5.41) is 17.9. The van der Waals surface area contributed by atoms with Gasteiger partial charge in [0.15, 0.2) is 0 Å². The van der Waals surface area contributed by atoms with Gasteiger partial charge in [-0.25, -0.2) is 0 Å². The fourth-order valence-electron chi connectivity index (χ4n) is 2.30. The molecule has 114 valence electrons. The molecule has 0 amide bonds. The molecule has 1 N–H and O–H groups in total. The molecule has 0 radical (unpaired) electrons. The molecule has 0 fully saturated rings. The summed E-state index contributed by atoms with van der Waals surface area (Å²) in [5.41, 5.74) is 3.20. The lowest BCUT2D eigenvalue weighted by Crippen LogP contribution is -2.22. The third-order valence-electron chi connectivity index (χ3n) is 3.73. The zero-order chi connectivity index (χ0) is 15.5. The van der Waals surface area contributed by atoms with E-state index in [0.717, 1.165) is 33.5 Å². The molecule has 5 nitrogen and oxygen atoms in total. The lowest BCUT2D eigenvalue weighted by Gasteiger charge is -2.22. The first-order chi connectivity index (χ1) is 10.6. The standard InChI is InChI=1S/C16H19N5S/c1-11(21(3)10-16-20-17-12(2)22-16)14-9-15(19-18-14)13-7-5-4-6-8-13/h4-9,11H,10H2,1-3H3,(H,18,19). The van der Waals surface area contributed by atoms with Crippen molar-refractivity contribution >= 4 is 11.3 Å². The Morgan fingerprint density at radius 1 is 1.23 bits per heavy atom. The van der Waals surface area contributed by atoms with Gasteiger partial charge in [-0.3, -0.25) is 10.00 Å². The summed E-state index contributed by atoms with van der Waals surface area (Å²) >= 11 is 1.64. The van der Waals surface area contributed by atoms with Crippen molar-refractivity contribution < 1.29 is 0 Å². The summed E-state index contributed by atoms with van der Waals surface area (Å²) in [4.78, 5) is 2.24. The third-order valence-corrected chi connectivity index (χ3v) is 4.55. The Kier molecular flexibility index (Phi) is 4.31. The number of rotatable bonds is 5. The van der Waals surface area contributed by atoms with E-state index in [1.165, 1.54) is 0 Å². The highest BCUT2D eigenvalue weighted by Crippen LogP contribution is 2.24. The van der Waals surface area contributed by atoms with Crippen molar-refractivity contribution in [1.82, 2.24) is 25.3 Å². The fraction of sp³-hybridized carbons (Fsp3) is 0.312. The monoisotopic (exact) mass is 313 g/mol. The molecule has 0 aliphatic rings. The van der Waals surface area contributed by atoms with E-state index < -0.39 is 0 Å². The smallest absolute Gasteiger partial charge is 0.131 e. The second kappa shape index (κ2) is 6.37. The van der Waals surface area contributed by atoms with E-state index in [1.54, 1.807) is 11.3 Å². The lowest BCUT2D eigenvalue weighted by atomic mass is 10.1. The Bertz CT molecular complexity index is 734. The van der Waals surface area contributed by atoms with Crippen molar-refractivity contribution in [2.75, 3.05) is 7.05 Å².